The van der Waals surface area contributed by atoms with Crippen molar-refractivity contribution in [2.45, 2.75) is 27.7 Å². The Bertz CT molecular complexity index is 2210. The standard InChI is InChI=1S/C37H32N4/c1-22(2)7-14-31-26(6)29(12-9-24(4)17-23(3)8-10-27-19-38-16-15-25(27)5)36-30-13-11-28-20-39-34-21-40-32(18-33(36)41-31)37(30)35(28)34/h7-21,39H,1,5H2,2-4,6H3/b12-9-,14-7-,23-8+,24-17+,27-10-. The van der Waals surface area contributed by atoms with Gasteiger partial charge in [0.1, 0.15) is 0 Å². The molecule has 0 aliphatic heterocycles. The molecular formula is C37H32N4. The lowest BCUT2D eigenvalue weighted by Crippen LogP contribution is -2.22. The number of allylic oxidation sites excluding steroid dienone is 7. The van der Waals surface area contributed by atoms with Gasteiger partial charge in [0.15, 0.2) is 0 Å². The normalized spacial score (nSPS) is 13.8. The van der Waals surface area contributed by atoms with Crippen molar-refractivity contribution in [1.29, 1.82) is 0 Å². The van der Waals surface area contributed by atoms with Crippen LogP contribution in [0.4, 0.5) is 0 Å². The van der Waals surface area contributed by atoms with E-state index in [1.165, 1.54) is 21.5 Å². The average molecular weight is 533 g/mol. The van der Waals surface area contributed by atoms with Crippen LogP contribution in [0, 0.1) is 6.92 Å². The van der Waals surface area contributed by atoms with Gasteiger partial charge in [0.2, 0.25) is 0 Å². The van der Waals surface area contributed by atoms with Crippen LogP contribution >= 0.6 is 0 Å². The number of aromatic nitrogens is 4. The zero-order valence-corrected chi connectivity index (χ0v) is 23.9. The fourth-order valence-electron chi connectivity index (χ4n) is 5.46. The molecule has 0 aliphatic carbocycles. The molecule has 41 heavy (non-hydrogen) atoms. The monoisotopic (exact) mass is 532 g/mol. The Labute approximate surface area is 239 Å². The van der Waals surface area contributed by atoms with Crippen molar-refractivity contribution in [2.75, 3.05) is 0 Å². The lowest BCUT2D eigenvalue weighted by Gasteiger charge is -2.15. The molecule has 0 bridgehead atoms. The first-order chi connectivity index (χ1) is 19.8. The minimum atomic E-state index is 0.933. The summed E-state index contributed by atoms with van der Waals surface area (Å²) < 4.78 is 0. The van der Waals surface area contributed by atoms with E-state index in [0.29, 0.717) is 0 Å². The molecule has 0 saturated heterocycles. The van der Waals surface area contributed by atoms with Crippen LogP contribution in [0.2, 0.25) is 0 Å². The van der Waals surface area contributed by atoms with Crippen LogP contribution in [0.15, 0.2) is 96.7 Å². The summed E-state index contributed by atoms with van der Waals surface area (Å²) in [7, 11) is 0. The number of hydrogen-bond acceptors (Lipinski definition) is 3. The van der Waals surface area contributed by atoms with Gasteiger partial charge in [-0.05, 0) is 72.9 Å². The maximum absolute atomic E-state index is 5.11. The van der Waals surface area contributed by atoms with Gasteiger partial charge in [-0.25, -0.2) is 4.98 Å². The Balaban J connectivity index is 1.53. The van der Waals surface area contributed by atoms with Gasteiger partial charge < -0.3 is 4.98 Å². The number of pyridine rings is 3. The molecule has 6 aromatic rings. The van der Waals surface area contributed by atoms with Gasteiger partial charge in [0.25, 0.3) is 0 Å². The molecule has 0 aliphatic rings. The molecule has 0 amide bonds. The van der Waals surface area contributed by atoms with Crippen LogP contribution in [0.3, 0.4) is 0 Å². The SMILES string of the molecule is C=C(C)/C=C\c1nc2cc3ncc4[nH]cc5ccc(c2c(\C=C/C(C)=C/C(C)=C/C=c2/cnccc2=C)c1C)c3c54. The van der Waals surface area contributed by atoms with Gasteiger partial charge in [0, 0.05) is 40.1 Å². The summed E-state index contributed by atoms with van der Waals surface area (Å²) in [6.07, 6.45) is 22.4. The summed E-state index contributed by atoms with van der Waals surface area (Å²) in [5.74, 6) is 0. The molecule has 4 aromatic heterocycles. The summed E-state index contributed by atoms with van der Waals surface area (Å²) in [5.41, 5.74) is 9.45. The van der Waals surface area contributed by atoms with Crippen molar-refractivity contribution in [1.82, 2.24) is 19.9 Å². The summed E-state index contributed by atoms with van der Waals surface area (Å²) in [4.78, 5) is 17.5. The number of nitrogens with zero attached hydrogens (tertiary/aromatic N) is 3. The maximum Gasteiger partial charge on any atom is 0.0743 e. The largest absolute Gasteiger partial charge is 0.359 e. The molecule has 2 aromatic carbocycles. The number of benzene rings is 2. The molecule has 4 heteroatoms. The predicted molar refractivity (Wildman–Crippen MR) is 176 cm³/mol. The van der Waals surface area contributed by atoms with Crippen LogP contribution in [0.25, 0.3) is 68.3 Å². The topological polar surface area (TPSA) is 54.5 Å². The van der Waals surface area contributed by atoms with Crippen molar-refractivity contribution >= 4 is 68.3 Å². The Hall–Kier alpha value is -5.09. The van der Waals surface area contributed by atoms with E-state index in [1.54, 1.807) is 6.20 Å². The summed E-state index contributed by atoms with van der Waals surface area (Å²) in [6, 6.07) is 8.44. The number of rotatable bonds is 6. The van der Waals surface area contributed by atoms with Gasteiger partial charge in [0.05, 0.1) is 28.4 Å². The van der Waals surface area contributed by atoms with Crippen molar-refractivity contribution in [3.8, 4) is 0 Å². The third-order valence-electron chi connectivity index (χ3n) is 7.54. The quantitative estimate of drug-likeness (QED) is 0.135. The molecular weight excluding hydrogens is 500 g/mol. The third-order valence-corrected chi connectivity index (χ3v) is 7.54. The Morgan fingerprint density at radius 3 is 2.59 bits per heavy atom. The second-order valence-electron chi connectivity index (χ2n) is 10.8. The molecule has 0 fully saturated rings. The molecule has 200 valence electrons. The fraction of sp³-hybridized carbons (Fsp3) is 0.108. The van der Waals surface area contributed by atoms with E-state index >= 15 is 0 Å². The number of aromatic amines is 1. The number of hydrogen-bond donors (Lipinski definition) is 1. The summed E-state index contributed by atoms with van der Waals surface area (Å²) >= 11 is 0. The van der Waals surface area contributed by atoms with Crippen LogP contribution in [0.5, 0.6) is 0 Å². The van der Waals surface area contributed by atoms with E-state index in [4.69, 9.17) is 9.97 Å². The Morgan fingerprint density at radius 1 is 0.927 bits per heavy atom. The Morgan fingerprint density at radius 2 is 1.78 bits per heavy atom. The van der Waals surface area contributed by atoms with Crippen molar-refractivity contribution in [2.24, 2.45) is 0 Å². The average Bonchev–Trinajstić information content (AvgIpc) is 3.38. The van der Waals surface area contributed by atoms with Crippen LogP contribution in [0.1, 0.15) is 37.6 Å². The van der Waals surface area contributed by atoms with Gasteiger partial charge in [-0.15, -0.1) is 0 Å². The van der Waals surface area contributed by atoms with Crippen molar-refractivity contribution in [3.63, 3.8) is 0 Å². The zero-order chi connectivity index (χ0) is 28.7. The minimum Gasteiger partial charge on any atom is -0.359 e. The van der Waals surface area contributed by atoms with Crippen LogP contribution < -0.4 is 10.4 Å². The lowest BCUT2D eigenvalue weighted by atomic mass is 9.92. The molecule has 0 atom stereocenters. The molecule has 4 nitrogen and oxygen atoms in total. The van der Waals surface area contributed by atoms with Crippen LogP contribution in [-0.4, -0.2) is 19.9 Å². The summed E-state index contributed by atoms with van der Waals surface area (Å²) in [5, 5.41) is 7.89. The van der Waals surface area contributed by atoms with Gasteiger partial charge >= 0.3 is 0 Å². The minimum absolute atomic E-state index is 0.933. The van der Waals surface area contributed by atoms with E-state index in [-0.39, 0.29) is 0 Å². The highest BCUT2D eigenvalue weighted by Crippen LogP contribution is 2.39. The maximum atomic E-state index is 5.11. The van der Waals surface area contributed by atoms with E-state index in [0.717, 1.165) is 65.9 Å². The molecule has 0 spiro atoms. The number of H-pyrrole nitrogens is 1. The first kappa shape index (κ1) is 26.1. The predicted octanol–water partition coefficient (Wildman–Crippen LogP) is 7.94. The van der Waals surface area contributed by atoms with Gasteiger partial charge in [-0.1, -0.05) is 78.5 Å². The van der Waals surface area contributed by atoms with Gasteiger partial charge in [-0.3, -0.25) is 9.97 Å². The smallest absolute Gasteiger partial charge is 0.0743 e. The third kappa shape index (κ3) is 4.89. The Kier molecular flexibility index (Phi) is 6.68. The van der Waals surface area contributed by atoms with Crippen LogP contribution in [-0.2, 0) is 0 Å². The fourth-order valence-corrected chi connectivity index (χ4v) is 5.46. The van der Waals surface area contributed by atoms with Gasteiger partial charge in [-0.2, -0.15) is 0 Å². The highest BCUT2D eigenvalue weighted by Gasteiger charge is 2.17. The lowest BCUT2D eigenvalue weighted by molar-refractivity contribution is 1.28. The zero-order valence-electron chi connectivity index (χ0n) is 23.9. The number of nitrogens with one attached hydrogen (secondary N) is 1. The first-order valence-corrected chi connectivity index (χ1v) is 13.7. The highest BCUT2D eigenvalue weighted by molar-refractivity contribution is 6.28. The molecule has 1 N–H and O–H groups in total. The number of fused-ring (bicyclic) bond motifs is 2. The summed E-state index contributed by atoms with van der Waals surface area (Å²) in [6.45, 7) is 16.5. The highest BCUT2D eigenvalue weighted by atomic mass is 14.8. The van der Waals surface area contributed by atoms with E-state index in [1.807, 2.05) is 31.5 Å². The second-order valence-corrected chi connectivity index (χ2v) is 10.8. The van der Waals surface area contributed by atoms with Crippen molar-refractivity contribution in [3.05, 3.63) is 124 Å². The first-order valence-electron chi connectivity index (χ1n) is 13.7. The van der Waals surface area contributed by atoms with E-state index in [2.05, 4.69) is 105 Å². The molecule has 0 radical (unpaired) electrons. The molecule has 6 rings (SSSR count). The second kappa shape index (κ2) is 10.5. The molecule has 0 unspecified atom stereocenters. The van der Waals surface area contributed by atoms with E-state index in [9.17, 15) is 0 Å². The van der Waals surface area contributed by atoms with E-state index < -0.39 is 0 Å². The molecule has 0 saturated carbocycles. The van der Waals surface area contributed by atoms with Crippen molar-refractivity contribution < 1.29 is 0 Å². The molecule has 4 heterocycles.